The molecule has 1 heterocycles. The molecule has 1 aliphatic heterocycles. The maximum atomic E-state index is 12.5. The first kappa shape index (κ1) is 18.5. The van der Waals surface area contributed by atoms with Crippen LogP contribution >= 0.6 is 11.6 Å². The average molecular weight is 361 g/mol. The molecule has 3 rings (SSSR count). The van der Waals surface area contributed by atoms with Gasteiger partial charge in [0.1, 0.15) is 0 Å². The third-order valence-electron chi connectivity index (χ3n) is 5.30. The molecule has 1 fully saturated rings. The Kier molecular flexibility index (Phi) is 6.94. The molecule has 0 saturated carbocycles. The summed E-state index contributed by atoms with van der Waals surface area (Å²) in [4.78, 5) is 14.9. The van der Waals surface area contributed by atoms with Crippen molar-refractivity contribution in [2.24, 2.45) is 5.92 Å². The zero-order chi connectivity index (χ0) is 17.5. The van der Waals surface area contributed by atoms with E-state index in [1.807, 2.05) is 18.2 Å². The number of nitrogens with zero attached hydrogens (tertiary/aromatic N) is 1. The van der Waals surface area contributed by atoms with Crippen molar-refractivity contribution < 1.29 is 4.79 Å². The van der Waals surface area contributed by atoms with Crippen LogP contribution in [0.2, 0.25) is 5.02 Å². The standard InChI is InChI=1S/C21H29ClN2O/c22-20-10-4-8-18(14-20)15-24-13-5-9-19(16-24)21(25)23-12-11-17-6-2-1-3-7-17/h4,6,8,10,14,19H,1-3,5,7,9,11-13,15-16H2,(H,23,25). The minimum absolute atomic E-state index is 0.119. The van der Waals surface area contributed by atoms with Crippen LogP contribution in [0.5, 0.6) is 0 Å². The molecule has 0 radical (unpaired) electrons. The predicted molar refractivity (Wildman–Crippen MR) is 104 cm³/mol. The first-order valence-corrected chi connectivity index (χ1v) is 10.0. The second-order valence-electron chi connectivity index (χ2n) is 7.35. The van der Waals surface area contributed by atoms with Gasteiger partial charge in [-0.05, 0) is 69.2 Å². The van der Waals surface area contributed by atoms with Gasteiger partial charge in [0.05, 0.1) is 5.92 Å². The van der Waals surface area contributed by atoms with Crippen LogP contribution in [-0.4, -0.2) is 30.4 Å². The molecular weight excluding hydrogens is 332 g/mol. The van der Waals surface area contributed by atoms with E-state index in [9.17, 15) is 4.79 Å². The van der Waals surface area contributed by atoms with E-state index in [0.717, 1.165) is 50.5 Å². The van der Waals surface area contributed by atoms with Crippen molar-refractivity contribution >= 4 is 17.5 Å². The third kappa shape index (κ3) is 5.86. The topological polar surface area (TPSA) is 32.3 Å². The van der Waals surface area contributed by atoms with Crippen molar-refractivity contribution in [2.45, 2.75) is 51.5 Å². The Morgan fingerprint density at radius 1 is 1.28 bits per heavy atom. The number of nitrogens with one attached hydrogen (secondary N) is 1. The molecule has 1 atom stereocenters. The molecule has 1 aliphatic carbocycles. The molecule has 4 heteroatoms. The van der Waals surface area contributed by atoms with E-state index in [4.69, 9.17) is 11.6 Å². The van der Waals surface area contributed by atoms with Gasteiger partial charge in [0.15, 0.2) is 0 Å². The largest absolute Gasteiger partial charge is 0.356 e. The van der Waals surface area contributed by atoms with Crippen LogP contribution in [0.1, 0.15) is 50.5 Å². The molecule has 1 amide bonds. The monoisotopic (exact) mass is 360 g/mol. The molecule has 0 spiro atoms. The number of benzene rings is 1. The van der Waals surface area contributed by atoms with E-state index in [1.165, 1.54) is 36.8 Å². The second-order valence-corrected chi connectivity index (χ2v) is 7.79. The summed E-state index contributed by atoms with van der Waals surface area (Å²) in [6.45, 7) is 3.57. The molecule has 3 nitrogen and oxygen atoms in total. The maximum Gasteiger partial charge on any atom is 0.224 e. The fourth-order valence-electron chi connectivity index (χ4n) is 3.93. The van der Waals surface area contributed by atoms with Crippen LogP contribution in [0.3, 0.4) is 0 Å². The van der Waals surface area contributed by atoms with Gasteiger partial charge >= 0.3 is 0 Å². The van der Waals surface area contributed by atoms with Crippen LogP contribution in [0.4, 0.5) is 0 Å². The SMILES string of the molecule is O=C(NCCC1=CCCCC1)C1CCCN(Cc2cccc(Cl)c2)C1. The van der Waals surface area contributed by atoms with Gasteiger partial charge < -0.3 is 5.32 Å². The fraction of sp³-hybridized carbons (Fsp3) is 0.571. The quantitative estimate of drug-likeness (QED) is 0.754. The lowest BCUT2D eigenvalue weighted by Crippen LogP contribution is -2.42. The van der Waals surface area contributed by atoms with Gasteiger partial charge in [-0.3, -0.25) is 9.69 Å². The Hall–Kier alpha value is -1.32. The molecule has 1 aromatic rings. The van der Waals surface area contributed by atoms with E-state index < -0.39 is 0 Å². The van der Waals surface area contributed by atoms with E-state index in [0.29, 0.717) is 0 Å². The molecule has 136 valence electrons. The van der Waals surface area contributed by atoms with Crippen molar-refractivity contribution in [3.05, 3.63) is 46.5 Å². The van der Waals surface area contributed by atoms with E-state index in [1.54, 1.807) is 0 Å². The highest BCUT2D eigenvalue weighted by molar-refractivity contribution is 6.30. The lowest BCUT2D eigenvalue weighted by atomic mass is 9.95. The van der Waals surface area contributed by atoms with Gasteiger partial charge in [-0.1, -0.05) is 35.4 Å². The fourth-order valence-corrected chi connectivity index (χ4v) is 4.14. The molecule has 0 aromatic heterocycles. The number of carbonyl (C=O) groups excluding carboxylic acids is 1. The molecule has 0 bridgehead atoms. The van der Waals surface area contributed by atoms with Gasteiger partial charge in [0.25, 0.3) is 0 Å². The second kappa shape index (κ2) is 9.40. The summed E-state index contributed by atoms with van der Waals surface area (Å²) in [5, 5.41) is 3.94. The minimum atomic E-state index is 0.119. The Morgan fingerprint density at radius 2 is 2.20 bits per heavy atom. The first-order valence-electron chi connectivity index (χ1n) is 9.63. The Morgan fingerprint density at radius 3 is 3.00 bits per heavy atom. The summed E-state index contributed by atoms with van der Waals surface area (Å²) in [5.74, 6) is 0.348. The molecule has 25 heavy (non-hydrogen) atoms. The molecule has 1 aromatic carbocycles. The maximum absolute atomic E-state index is 12.5. The van der Waals surface area contributed by atoms with Crippen LogP contribution < -0.4 is 5.32 Å². The summed E-state index contributed by atoms with van der Waals surface area (Å²) in [6.07, 6.45) is 10.5. The number of likely N-dealkylation sites (tertiary alicyclic amines) is 1. The van der Waals surface area contributed by atoms with Crippen LogP contribution in [0.15, 0.2) is 35.9 Å². The minimum Gasteiger partial charge on any atom is -0.356 e. The normalized spacial score (nSPS) is 21.6. The van der Waals surface area contributed by atoms with E-state index >= 15 is 0 Å². The first-order chi connectivity index (χ1) is 12.2. The average Bonchev–Trinajstić information content (AvgIpc) is 2.63. The van der Waals surface area contributed by atoms with Gasteiger partial charge in [-0.25, -0.2) is 0 Å². The number of piperidine rings is 1. The highest BCUT2D eigenvalue weighted by atomic mass is 35.5. The van der Waals surface area contributed by atoms with Crippen molar-refractivity contribution in [1.82, 2.24) is 10.2 Å². The number of allylic oxidation sites excluding steroid dienone is 1. The van der Waals surface area contributed by atoms with Crippen molar-refractivity contribution in [2.75, 3.05) is 19.6 Å². The number of hydrogen-bond acceptors (Lipinski definition) is 2. The van der Waals surface area contributed by atoms with Crippen molar-refractivity contribution in [1.29, 1.82) is 0 Å². The molecular formula is C21H29ClN2O. The van der Waals surface area contributed by atoms with Crippen LogP contribution in [0, 0.1) is 5.92 Å². The summed E-state index contributed by atoms with van der Waals surface area (Å²) >= 11 is 6.08. The third-order valence-corrected chi connectivity index (χ3v) is 5.54. The van der Waals surface area contributed by atoms with Crippen LogP contribution in [0.25, 0.3) is 0 Å². The van der Waals surface area contributed by atoms with E-state index in [2.05, 4.69) is 22.4 Å². The summed E-state index contributed by atoms with van der Waals surface area (Å²) < 4.78 is 0. The highest BCUT2D eigenvalue weighted by Crippen LogP contribution is 2.21. The number of halogens is 1. The Balaban J connectivity index is 1.43. The van der Waals surface area contributed by atoms with Gasteiger partial charge in [0.2, 0.25) is 5.91 Å². The number of rotatable bonds is 6. The van der Waals surface area contributed by atoms with Gasteiger partial charge in [-0.2, -0.15) is 0 Å². The molecule has 1 N–H and O–H groups in total. The highest BCUT2D eigenvalue weighted by Gasteiger charge is 2.25. The number of hydrogen-bond donors (Lipinski definition) is 1. The summed E-state index contributed by atoms with van der Waals surface area (Å²) in [6, 6.07) is 8.02. The Bertz CT molecular complexity index is 614. The smallest absolute Gasteiger partial charge is 0.224 e. The molecule has 2 aliphatic rings. The lowest BCUT2D eigenvalue weighted by molar-refractivity contribution is -0.126. The predicted octanol–water partition coefficient (Wildman–Crippen LogP) is 4.56. The number of amides is 1. The Labute approximate surface area is 156 Å². The zero-order valence-electron chi connectivity index (χ0n) is 15.0. The zero-order valence-corrected chi connectivity index (χ0v) is 15.7. The van der Waals surface area contributed by atoms with Gasteiger partial charge in [-0.15, -0.1) is 0 Å². The number of carbonyl (C=O) groups is 1. The summed E-state index contributed by atoms with van der Waals surface area (Å²) in [5.41, 5.74) is 2.75. The van der Waals surface area contributed by atoms with E-state index in [-0.39, 0.29) is 11.8 Å². The van der Waals surface area contributed by atoms with Crippen molar-refractivity contribution in [3.8, 4) is 0 Å². The van der Waals surface area contributed by atoms with Gasteiger partial charge in [0, 0.05) is 24.7 Å². The van der Waals surface area contributed by atoms with Crippen LogP contribution in [-0.2, 0) is 11.3 Å². The lowest BCUT2D eigenvalue weighted by Gasteiger charge is -2.32. The molecule has 1 saturated heterocycles. The van der Waals surface area contributed by atoms with Crippen molar-refractivity contribution in [3.63, 3.8) is 0 Å². The molecule has 1 unspecified atom stereocenters. The summed E-state index contributed by atoms with van der Waals surface area (Å²) in [7, 11) is 0.